The lowest BCUT2D eigenvalue weighted by Gasteiger charge is -2.03. The highest BCUT2D eigenvalue weighted by Gasteiger charge is 2.09. The average Bonchev–Trinajstić information content (AvgIpc) is 2.89. The molecule has 0 spiro atoms. The van der Waals surface area contributed by atoms with Crippen LogP contribution < -0.4 is 5.32 Å². The van der Waals surface area contributed by atoms with E-state index in [0.29, 0.717) is 12.4 Å². The molecular formula is C18H19N3OS. The number of aromatic amines is 1. The number of aromatic nitrogens is 2. The van der Waals surface area contributed by atoms with Crippen molar-refractivity contribution in [2.24, 2.45) is 0 Å². The monoisotopic (exact) mass is 325 g/mol. The summed E-state index contributed by atoms with van der Waals surface area (Å²) in [6.07, 6.45) is 2.37. The number of hydrogen-bond donors (Lipinski definition) is 2. The summed E-state index contributed by atoms with van der Waals surface area (Å²) in [5, 5.41) is 2.84. The molecule has 0 radical (unpaired) electrons. The molecule has 0 aliphatic rings. The summed E-state index contributed by atoms with van der Waals surface area (Å²) in [4.78, 5) is 20.9. The number of carbonyl (C=O) groups excluding carboxylic acids is 1. The van der Waals surface area contributed by atoms with Gasteiger partial charge in [-0.25, -0.2) is 4.98 Å². The van der Waals surface area contributed by atoms with Gasteiger partial charge >= 0.3 is 0 Å². The molecular weight excluding hydrogens is 306 g/mol. The molecule has 23 heavy (non-hydrogen) atoms. The predicted molar refractivity (Wildman–Crippen MR) is 96.1 cm³/mol. The molecule has 3 rings (SSSR count). The molecule has 0 saturated heterocycles. The molecule has 5 heteroatoms. The Balaban J connectivity index is 1.71. The zero-order chi connectivity index (χ0) is 16.4. The van der Waals surface area contributed by atoms with Crippen LogP contribution in [0, 0.1) is 13.8 Å². The zero-order valence-electron chi connectivity index (χ0n) is 13.4. The molecule has 0 bridgehead atoms. The summed E-state index contributed by atoms with van der Waals surface area (Å²) in [6, 6.07) is 12.1. The van der Waals surface area contributed by atoms with Gasteiger partial charge in [-0.3, -0.25) is 10.1 Å². The summed E-state index contributed by atoms with van der Waals surface area (Å²) in [5.41, 5.74) is 5.19. The van der Waals surface area contributed by atoms with E-state index in [0.717, 1.165) is 16.6 Å². The maximum Gasteiger partial charge on any atom is 0.231 e. The van der Waals surface area contributed by atoms with Crippen LogP contribution in [0.25, 0.3) is 11.0 Å². The molecule has 118 valence electrons. The van der Waals surface area contributed by atoms with Crippen molar-refractivity contribution in [2.45, 2.75) is 25.2 Å². The van der Waals surface area contributed by atoms with Crippen LogP contribution in [0.4, 0.5) is 5.95 Å². The minimum absolute atomic E-state index is 0.0746. The first-order chi connectivity index (χ1) is 11.0. The molecule has 1 heterocycles. The summed E-state index contributed by atoms with van der Waals surface area (Å²) in [5.74, 6) is 0.421. The molecule has 4 nitrogen and oxygen atoms in total. The Morgan fingerprint density at radius 1 is 1.17 bits per heavy atom. The molecule has 3 aromatic rings. The van der Waals surface area contributed by atoms with Crippen LogP contribution in [0.2, 0.25) is 0 Å². The Morgan fingerprint density at radius 3 is 2.57 bits per heavy atom. The summed E-state index contributed by atoms with van der Waals surface area (Å²) < 4.78 is 0. The number of fused-ring (bicyclic) bond motifs is 1. The van der Waals surface area contributed by atoms with Crippen LogP contribution in [-0.4, -0.2) is 22.1 Å². The van der Waals surface area contributed by atoms with Gasteiger partial charge in [0.05, 0.1) is 17.5 Å². The second-order valence-electron chi connectivity index (χ2n) is 5.61. The normalized spacial score (nSPS) is 10.9. The first-order valence-corrected chi connectivity index (χ1v) is 8.67. The Labute approximate surface area is 139 Å². The number of nitrogens with one attached hydrogen (secondary N) is 2. The lowest BCUT2D eigenvalue weighted by atomic mass is 10.1. The SMILES string of the molecule is CSc1ccc(CC(=O)Nc2nc3cc(C)c(C)cc3[nH]2)cc1. The number of nitrogens with zero attached hydrogens (tertiary/aromatic N) is 1. The van der Waals surface area contributed by atoms with Crippen molar-refractivity contribution in [3.63, 3.8) is 0 Å². The molecule has 0 atom stereocenters. The fourth-order valence-corrected chi connectivity index (χ4v) is 2.84. The van der Waals surface area contributed by atoms with E-state index in [-0.39, 0.29) is 5.91 Å². The average molecular weight is 325 g/mol. The van der Waals surface area contributed by atoms with E-state index in [1.54, 1.807) is 11.8 Å². The van der Waals surface area contributed by atoms with Gasteiger partial charge in [0.25, 0.3) is 0 Å². The van der Waals surface area contributed by atoms with Gasteiger partial charge in [-0.1, -0.05) is 12.1 Å². The Morgan fingerprint density at radius 2 is 1.87 bits per heavy atom. The molecule has 2 N–H and O–H groups in total. The number of amides is 1. The summed E-state index contributed by atoms with van der Waals surface area (Å²) in [6.45, 7) is 4.12. The predicted octanol–water partition coefficient (Wildman–Crippen LogP) is 4.08. The number of aryl methyl sites for hydroxylation is 2. The highest BCUT2D eigenvalue weighted by Crippen LogP contribution is 2.19. The third-order valence-electron chi connectivity index (χ3n) is 3.88. The lowest BCUT2D eigenvalue weighted by molar-refractivity contribution is -0.115. The van der Waals surface area contributed by atoms with Crippen LogP contribution in [0.5, 0.6) is 0 Å². The van der Waals surface area contributed by atoms with Crippen LogP contribution in [-0.2, 0) is 11.2 Å². The van der Waals surface area contributed by atoms with Gasteiger partial charge in [0.2, 0.25) is 11.9 Å². The smallest absolute Gasteiger partial charge is 0.231 e. The molecule has 1 amide bonds. The van der Waals surface area contributed by atoms with Gasteiger partial charge < -0.3 is 4.98 Å². The van der Waals surface area contributed by atoms with Crippen LogP contribution in [0.15, 0.2) is 41.3 Å². The Hall–Kier alpha value is -2.27. The van der Waals surface area contributed by atoms with Gasteiger partial charge in [0, 0.05) is 4.90 Å². The highest BCUT2D eigenvalue weighted by atomic mass is 32.2. The minimum atomic E-state index is -0.0746. The largest absolute Gasteiger partial charge is 0.324 e. The van der Waals surface area contributed by atoms with E-state index in [1.165, 1.54) is 16.0 Å². The third-order valence-corrected chi connectivity index (χ3v) is 4.62. The number of thioether (sulfide) groups is 1. The van der Waals surface area contributed by atoms with Gasteiger partial charge in [0.1, 0.15) is 0 Å². The third kappa shape index (κ3) is 3.56. The topological polar surface area (TPSA) is 57.8 Å². The number of hydrogen-bond acceptors (Lipinski definition) is 3. The quantitative estimate of drug-likeness (QED) is 0.711. The van der Waals surface area contributed by atoms with E-state index in [1.807, 2.05) is 36.6 Å². The fourth-order valence-electron chi connectivity index (χ4n) is 2.43. The van der Waals surface area contributed by atoms with Crippen molar-refractivity contribution in [1.82, 2.24) is 9.97 Å². The number of anilines is 1. The van der Waals surface area contributed by atoms with Crippen molar-refractivity contribution in [3.05, 3.63) is 53.1 Å². The van der Waals surface area contributed by atoms with Gasteiger partial charge in [0.15, 0.2) is 0 Å². The highest BCUT2D eigenvalue weighted by molar-refractivity contribution is 7.98. The van der Waals surface area contributed by atoms with Crippen LogP contribution >= 0.6 is 11.8 Å². The zero-order valence-corrected chi connectivity index (χ0v) is 14.3. The van der Waals surface area contributed by atoms with Crippen molar-refractivity contribution in [2.75, 3.05) is 11.6 Å². The van der Waals surface area contributed by atoms with Crippen molar-refractivity contribution < 1.29 is 4.79 Å². The molecule has 0 unspecified atom stereocenters. The van der Waals surface area contributed by atoms with Crippen molar-refractivity contribution in [1.29, 1.82) is 0 Å². The maximum absolute atomic E-state index is 12.2. The number of H-pyrrole nitrogens is 1. The maximum atomic E-state index is 12.2. The van der Waals surface area contributed by atoms with E-state index in [9.17, 15) is 4.79 Å². The second kappa shape index (κ2) is 6.46. The van der Waals surface area contributed by atoms with Gasteiger partial charge in [-0.2, -0.15) is 0 Å². The number of imidazole rings is 1. The molecule has 1 aromatic heterocycles. The number of rotatable bonds is 4. The lowest BCUT2D eigenvalue weighted by Crippen LogP contribution is -2.15. The Kier molecular flexibility index (Phi) is 4.39. The number of benzene rings is 2. The van der Waals surface area contributed by atoms with E-state index >= 15 is 0 Å². The van der Waals surface area contributed by atoms with Crippen molar-refractivity contribution in [3.8, 4) is 0 Å². The van der Waals surface area contributed by atoms with Crippen LogP contribution in [0.1, 0.15) is 16.7 Å². The molecule has 0 aliphatic carbocycles. The minimum Gasteiger partial charge on any atom is -0.324 e. The second-order valence-corrected chi connectivity index (χ2v) is 6.49. The van der Waals surface area contributed by atoms with Crippen LogP contribution in [0.3, 0.4) is 0 Å². The number of carbonyl (C=O) groups is 1. The van der Waals surface area contributed by atoms with E-state index < -0.39 is 0 Å². The first kappa shape index (κ1) is 15.6. The van der Waals surface area contributed by atoms with E-state index in [2.05, 4.69) is 35.2 Å². The molecule has 2 aromatic carbocycles. The summed E-state index contributed by atoms with van der Waals surface area (Å²) in [7, 11) is 0. The standard InChI is InChI=1S/C18H19N3OS/c1-11-8-15-16(9-12(11)2)20-18(19-15)21-17(22)10-13-4-6-14(23-3)7-5-13/h4-9H,10H2,1-3H3,(H2,19,20,21,22). The molecule has 0 saturated carbocycles. The van der Waals surface area contributed by atoms with E-state index in [4.69, 9.17) is 0 Å². The summed E-state index contributed by atoms with van der Waals surface area (Å²) >= 11 is 1.69. The molecule has 0 fully saturated rings. The fraction of sp³-hybridized carbons (Fsp3) is 0.222. The van der Waals surface area contributed by atoms with Crippen molar-refractivity contribution >= 4 is 34.7 Å². The molecule has 0 aliphatic heterocycles. The van der Waals surface area contributed by atoms with Gasteiger partial charge in [-0.05, 0) is 61.1 Å². The first-order valence-electron chi connectivity index (χ1n) is 7.45. The van der Waals surface area contributed by atoms with Gasteiger partial charge in [-0.15, -0.1) is 11.8 Å². The Bertz CT molecular complexity index is 814.